The Morgan fingerprint density at radius 1 is 1.24 bits per heavy atom. The summed E-state index contributed by atoms with van der Waals surface area (Å²) in [7, 11) is -3.61. The van der Waals surface area contributed by atoms with Gasteiger partial charge in [0.05, 0.1) is 5.52 Å². The highest BCUT2D eigenvalue weighted by Crippen LogP contribution is 2.42. The Balaban J connectivity index is 1.65. The van der Waals surface area contributed by atoms with Crippen LogP contribution < -0.4 is 10.0 Å². The Labute approximate surface area is 121 Å². The number of aromatic nitrogens is 1. The Kier molecular flexibility index (Phi) is 2.79. The average molecular weight is 307 g/mol. The summed E-state index contributed by atoms with van der Waals surface area (Å²) in [6, 6.07) is 5.60. The molecule has 1 saturated carbocycles. The molecule has 1 aromatic heterocycles. The molecule has 5 nitrogen and oxygen atoms in total. The van der Waals surface area contributed by atoms with E-state index in [0.29, 0.717) is 22.7 Å². The molecule has 110 valence electrons. The number of nitrogens with zero attached hydrogens (tertiary/aromatic N) is 1. The minimum Gasteiger partial charge on any atom is -0.316 e. The van der Waals surface area contributed by atoms with Crippen LogP contribution in [-0.4, -0.2) is 32.5 Å². The molecule has 1 aliphatic carbocycles. The molecule has 1 saturated heterocycles. The van der Waals surface area contributed by atoms with Crippen LogP contribution in [0.4, 0.5) is 4.39 Å². The van der Waals surface area contributed by atoms with Gasteiger partial charge in [-0.1, -0.05) is 0 Å². The molecular formula is C14H14FN3O2S. The second kappa shape index (κ2) is 4.46. The van der Waals surface area contributed by atoms with Crippen molar-refractivity contribution < 1.29 is 12.8 Å². The van der Waals surface area contributed by atoms with Crippen LogP contribution >= 0.6 is 0 Å². The molecule has 7 heteroatoms. The molecule has 2 aromatic rings. The summed E-state index contributed by atoms with van der Waals surface area (Å²) in [4.78, 5) is 4.17. The molecule has 0 bridgehead atoms. The molecule has 2 heterocycles. The number of rotatable bonds is 3. The van der Waals surface area contributed by atoms with Crippen molar-refractivity contribution in [2.75, 3.05) is 13.1 Å². The fraction of sp³-hybridized carbons (Fsp3) is 0.357. The molecule has 2 fully saturated rings. The molecule has 0 amide bonds. The van der Waals surface area contributed by atoms with E-state index in [1.807, 2.05) is 0 Å². The SMILES string of the molecule is O=S(=O)(NC1[C@H]2CNC[C@@H]12)c1cnc2ccc(F)cc2c1. The maximum absolute atomic E-state index is 13.2. The highest BCUT2D eigenvalue weighted by molar-refractivity contribution is 7.89. The first kappa shape index (κ1) is 13.1. The predicted octanol–water partition coefficient (Wildman–Crippen LogP) is 0.870. The molecule has 2 N–H and O–H groups in total. The molecule has 1 aliphatic heterocycles. The van der Waals surface area contributed by atoms with Gasteiger partial charge in [0.2, 0.25) is 10.0 Å². The van der Waals surface area contributed by atoms with Crippen LogP contribution in [0, 0.1) is 17.7 Å². The van der Waals surface area contributed by atoms with Crippen LogP contribution in [-0.2, 0) is 10.0 Å². The summed E-state index contributed by atoms with van der Waals surface area (Å²) in [6.07, 6.45) is 1.32. The number of fused-ring (bicyclic) bond motifs is 2. The Bertz CT molecular complexity index is 814. The summed E-state index contributed by atoms with van der Waals surface area (Å²) in [5.41, 5.74) is 0.572. The summed E-state index contributed by atoms with van der Waals surface area (Å²) in [6.45, 7) is 1.72. The van der Waals surface area contributed by atoms with Crippen molar-refractivity contribution in [3.63, 3.8) is 0 Å². The third-order valence-electron chi connectivity index (χ3n) is 4.31. The lowest BCUT2D eigenvalue weighted by molar-refractivity contribution is 0.565. The van der Waals surface area contributed by atoms with E-state index in [0.717, 1.165) is 13.1 Å². The van der Waals surface area contributed by atoms with Gasteiger partial charge in [-0.2, -0.15) is 0 Å². The number of pyridine rings is 1. The zero-order valence-corrected chi connectivity index (χ0v) is 11.9. The number of benzene rings is 1. The Morgan fingerprint density at radius 3 is 2.76 bits per heavy atom. The second-order valence-electron chi connectivity index (χ2n) is 5.64. The number of piperidine rings is 1. The number of hydrogen-bond donors (Lipinski definition) is 2. The van der Waals surface area contributed by atoms with E-state index in [2.05, 4.69) is 15.0 Å². The van der Waals surface area contributed by atoms with Gasteiger partial charge in [0.1, 0.15) is 10.7 Å². The quantitative estimate of drug-likeness (QED) is 0.883. The largest absolute Gasteiger partial charge is 0.316 e. The van der Waals surface area contributed by atoms with E-state index in [1.54, 1.807) is 0 Å². The van der Waals surface area contributed by atoms with Crippen LogP contribution in [0.15, 0.2) is 35.4 Å². The minimum atomic E-state index is -3.61. The molecule has 1 unspecified atom stereocenters. The van der Waals surface area contributed by atoms with E-state index >= 15 is 0 Å². The van der Waals surface area contributed by atoms with Gasteiger partial charge in [-0.25, -0.2) is 17.5 Å². The van der Waals surface area contributed by atoms with Gasteiger partial charge < -0.3 is 5.32 Å². The van der Waals surface area contributed by atoms with E-state index in [4.69, 9.17) is 0 Å². The lowest BCUT2D eigenvalue weighted by atomic mass is 10.2. The Morgan fingerprint density at radius 2 is 2.00 bits per heavy atom. The summed E-state index contributed by atoms with van der Waals surface area (Å²) < 4.78 is 40.7. The molecule has 3 atom stereocenters. The summed E-state index contributed by atoms with van der Waals surface area (Å²) in [5.74, 6) is 0.380. The van der Waals surface area contributed by atoms with E-state index in [1.165, 1.54) is 30.5 Å². The maximum atomic E-state index is 13.2. The lowest BCUT2D eigenvalue weighted by Crippen LogP contribution is -2.32. The monoisotopic (exact) mass is 307 g/mol. The number of hydrogen-bond acceptors (Lipinski definition) is 4. The zero-order valence-electron chi connectivity index (χ0n) is 11.1. The van der Waals surface area contributed by atoms with Gasteiger partial charge in [0.25, 0.3) is 0 Å². The smallest absolute Gasteiger partial charge is 0.242 e. The van der Waals surface area contributed by atoms with Gasteiger partial charge in [-0.15, -0.1) is 0 Å². The van der Waals surface area contributed by atoms with E-state index < -0.39 is 15.8 Å². The topological polar surface area (TPSA) is 71.1 Å². The first-order valence-electron chi connectivity index (χ1n) is 6.83. The van der Waals surface area contributed by atoms with Crippen molar-refractivity contribution in [3.05, 3.63) is 36.3 Å². The van der Waals surface area contributed by atoms with Crippen LogP contribution in [0.2, 0.25) is 0 Å². The molecular weight excluding hydrogens is 293 g/mol. The van der Waals surface area contributed by atoms with Crippen molar-refractivity contribution in [2.24, 2.45) is 11.8 Å². The number of sulfonamides is 1. The van der Waals surface area contributed by atoms with Crippen LogP contribution in [0.25, 0.3) is 10.9 Å². The summed E-state index contributed by atoms with van der Waals surface area (Å²) >= 11 is 0. The fourth-order valence-corrected chi connectivity index (χ4v) is 4.39. The van der Waals surface area contributed by atoms with Crippen LogP contribution in [0.3, 0.4) is 0 Å². The van der Waals surface area contributed by atoms with Gasteiger partial charge in [-0.3, -0.25) is 4.98 Å². The highest BCUT2D eigenvalue weighted by atomic mass is 32.2. The van der Waals surface area contributed by atoms with Gasteiger partial charge in [0.15, 0.2) is 0 Å². The Hall–Kier alpha value is -1.57. The van der Waals surface area contributed by atoms with Crippen LogP contribution in [0.1, 0.15) is 0 Å². The van der Waals surface area contributed by atoms with Crippen LogP contribution in [0.5, 0.6) is 0 Å². The van der Waals surface area contributed by atoms with E-state index in [-0.39, 0.29) is 10.9 Å². The van der Waals surface area contributed by atoms with Crippen molar-refractivity contribution in [3.8, 4) is 0 Å². The zero-order chi connectivity index (χ0) is 14.6. The average Bonchev–Trinajstić information content (AvgIpc) is 2.87. The lowest BCUT2D eigenvalue weighted by Gasteiger charge is -2.09. The van der Waals surface area contributed by atoms with Crippen molar-refractivity contribution in [2.45, 2.75) is 10.9 Å². The second-order valence-corrected chi connectivity index (χ2v) is 7.36. The van der Waals surface area contributed by atoms with Crippen molar-refractivity contribution in [1.29, 1.82) is 0 Å². The molecule has 0 spiro atoms. The van der Waals surface area contributed by atoms with Crippen molar-refractivity contribution >= 4 is 20.9 Å². The van der Waals surface area contributed by atoms with E-state index in [9.17, 15) is 12.8 Å². The third-order valence-corrected chi connectivity index (χ3v) is 5.74. The maximum Gasteiger partial charge on any atom is 0.242 e. The highest BCUT2D eigenvalue weighted by Gasteiger charge is 2.54. The molecule has 4 rings (SSSR count). The van der Waals surface area contributed by atoms with Gasteiger partial charge >= 0.3 is 0 Å². The van der Waals surface area contributed by atoms with Gasteiger partial charge in [-0.05, 0) is 49.2 Å². The summed E-state index contributed by atoms with van der Waals surface area (Å²) in [5, 5.41) is 3.70. The molecule has 0 radical (unpaired) electrons. The fourth-order valence-electron chi connectivity index (χ4n) is 3.07. The molecule has 1 aromatic carbocycles. The number of nitrogens with one attached hydrogen (secondary N) is 2. The minimum absolute atomic E-state index is 0.0134. The molecule has 21 heavy (non-hydrogen) atoms. The number of halogens is 1. The van der Waals surface area contributed by atoms with Gasteiger partial charge in [0, 0.05) is 17.6 Å². The standard InChI is InChI=1S/C14H14FN3O2S/c15-9-1-2-13-8(3-9)4-10(5-17-13)21(19,20)18-14-11-6-16-7-12(11)14/h1-5,11-12,14,16,18H,6-7H2/t11-,12+,14?. The third kappa shape index (κ3) is 2.21. The predicted molar refractivity (Wildman–Crippen MR) is 75.7 cm³/mol. The first-order valence-corrected chi connectivity index (χ1v) is 8.31. The first-order chi connectivity index (χ1) is 10.0. The normalized spacial score (nSPS) is 27.8. The van der Waals surface area contributed by atoms with Crippen molar-refractivity contribution in [1.82, 2.24) is 15.0 Å². The molecule has 2 aliphatic rings.